The molecule has 1 aromatic rings. The van der Waals surface area contributed by atoms with Gasteiger partial charge >= 0.3 is 6.03 Å². The maximum Gasteiger partial charge on any atom is 0.326 e. The Bertz CT molecular complexity index is 758. The van der Waals surface area contributed by atoms with Crippen LogP contribution in [0.1, 0.15) is 64.7 Å². The lowest BCUT2D eigenvalue weighted by Crippen LogP contribution is -2.39. The molecule has 0 spiro atoms. The minimum absolute atomic E-state index is 0.231. The second kappa shape index (κ2) is 7.02. The molecule has 0 radical (unpaired) electrons. The predicted octanol–water partition coefficient (Wildman–Crippen LogP) is 4.28. The van der Waals surface area contributed by atoms with Crippen LogP contribution in [-0.4, -0.2) is 47.5 Å². The number of imide groups is 1. The fraction of sp³-hybridized carbons (Fsp3) is 0.545. The van der Waals surface area contributed by atoms with Crippen molar-refractivity contribution in [1.82, 2.24) is 9.80 Å². The summed E-state index contributed by atoms with van der Waals surface area (Å²) in [6.45, 7) is 12.8. The number of rotatable bonds is 1. The highest BCUT2D eigenvalue weighted by atomic mass is 16.3. The van der Waals surface area contributed by atoms with Crippen LogP contribution in [0.3, 0.4) is 0 Å². The molecule has 5 heteroatoms. The number of benzene rings is 1. The van der Waals surface area contributed by atoms with E-state index in [0.717, 1.165) is 16.7 Å². The molecule has 1 saturated heterocycles. The molecule has 27 heavy (non-hydrogen) atoms. The number of nitrogens with zero attached hydrogens (tertiary/aromatic N) is 2. The minimum Gasteiger partial charge on any atom is -0.507 e. The first-order valence-corrected chi connectivity index (χ1v) is 9.35. The molecule has 0 aromatic heterocycles. The van der Waals surface area contributed by atoms with Gasteiger partial charge in [0.25, 0.3) is 5.91 Å². The number of aromatic hydroxyl groups is 1. The molecule has 0 unspecified atom stereocenters. The third-order valence-corrected chi connectivity index (χ3v) is 4.83. The summed E-state index contributed by atoms with van der Waals surface area (Å²) in [6, 6.07) is 3.60. The number of hydrogen-bond acceptors (Lipinski definition) is 3. The molecule has 0 atom stereocenters. The van der Waals surface area contributed by atoms with E-state index in [1.165, 1.54) is 9.80 Å². The summed E-state index contributed by atoms with van der Waals surface area (Å²) in [4.78, 5) is 27.5. The second-order valence-electron chi connectivity index (χ2n) is 9.52. The van der Waals surface area contributed by atoms with E-state index in [0.29, 0.717) is 24.3 Å². The van der Waals surface area contributed by atoms with Crippen molar-refractivity contribution in [2.24, 2.45) is 0 Å². The van der Waals surface area contributed by atoms with Crippen LogP contribution in [0.5, 0.6) is 5.75 Å². The number of amides is 3. The van der Waals surface area contributed by atoms with Crippen LogP contribution in [0, 0.1) is 0 Å². The van der Waals surface area contributed by atoms with E-state index < -0.39 is 0 Å². The summed E-state index contributed by atoms with van der Waals surface area (Å²) in [5, 5.41) is 10.8. The van der Waals surface area contributed by atoms with Crippen LogP contribution in [0.15, 0.2) is 17.7 Å². The highest BCUT2D eigenvalue weighted by Crippen LogP contribution is 2.40. The van der Waals surface area contributed by atoms with Crippen LogP contribution in [0.2, 0.25) is 0 Å². The molecule has 2 rings (SSSR count). The van der Waals surface area contributed by atoms with E-state index in [-0.39, 0.29) is 22.8 Å². The van der Waals surface area contributed by atoms with E-state index in [1.54, 1.807) is 14.1 Å². The van der Waals surface area contributed by atoms with E-state index >= 15 is 0 Å². The molecular weight excluding hydrogens is 340 g/mol. The Morgan fingerprint density at radius 1 is 1.07 bits per heavy atom. The lowest BCUT2D eigenvalue weighted by atomic mass is 9.78. The van der Waals surface area contributed by atoms with Gasteiger partial charge in [-0.1, -0.05) is 41.5 Å². The summed E-state index contributed by atoms with van der Waals surface area (Å²) in [7, 11) is 3.28. The summed E-state index contributed by atoms with van der Waals surface area (Å²) >= 11 is 0. The quantitative estimate of drug-likeness (QED) is 0.748. The van der Waals surface area contributed by atoms with Gasteiger partial charge in [-0.2, -0.15) is 0 Å². The molecule has 1 heterocycles. The van der Waals surface area contributed by atoms with Crippen molar-refractivity contribution in [1.29, 1.82) is 0 Å². The van der Waals surface area contributed by atoms with Crippen molar-refractivity contribution in [2.75, 3.05) is 20.6 Å². The number of phenolic OH excluding ortho intramolecular Hbond substituents is 1. The number of likely N-dealkylation sites (tertiary alicyclic amines) is 1. The topological polar surface area (TPSA) is 60.9 Å². The van der Waals surface area contributed by atoms with Gasteiger partial charge in [0, 0.05) is 37.3 Å². The number of hydrogen-bond donors (Lipinski definition) is 1. The standard InChI is InChI=1S/C22H32N2O3/c1-21(2,3)16-12-14(13-17(18(16)25)22(4,5)6)11-15-9-10-24(19(15)26)20(27)23(7)8/h11-13,25H,9-10H2,1-8H3. The smallest absolute Gasteiger partial charge is 0.326 e. The van der Waals surface area contributed by atoms with Crippen molar-refractivity contribution in [3.63, 3.8) is 0 Å². The molecule has 3 amide bonds. The van der Waals surface area contributed by atoms with Gasteiger partial charge in [0.1, 0.15) is 5.75 Å². The summed E-state index contributed by atoms with van der Waals surface area (Å²) in [6.07, 6.45) is 2.39. The summed E-state index contributed by atoms with van der Waals surface area (Å²) in [5.41, 5.74) is 2.75. The van der Waals surface area contributed by atoms with Crippen LogP contribution >= 0.6 is 0 Å². The number of phenols is 1. The predicted molar refractivity (Wildman–Crippen MR) is 109 cm³/mol. The molecule has 0 aliphatic carbocycles. The average Bonchev–Trinajstić information content (AvgIpc) is 2.86. The van der Waals surface area contributed by atoms with Gasteiger partial charge < -0.3 is 10.0 Å². The van der Waals surface area contributed by atoms with Crippen molar-refractivity contribution in [3.8, 4) is 5.75 Å². The minimum atomic E-state index is -0.292. The molecule has 0 saturated carbocycles. The zero-order valence-electron chi connectivity index (χ0n) is 17.8. The van der Waals surface area contributed by atoms with Gasteiger partial charge in [-0.05, 0) is 41.0 Å². The highest BCUT2D eigenvalue weighted by molar-refractivity contribution is 6.08. The Kier molecular flexibility index (Phi) is 5.46. The van der Waals surface area contributed by atoms with Crippen molar-refractivity contribution in [2.45, 2.75) is 58.8 Å². The SMILES string of the molecule is CN(C)C(=O)N1CCC(=Cc2cc(C(C)(C)C)c(O)c(C(C)(C)C)c2)C1=O. The lowest BCUT2D eigenvalue weighted by molar-refractivity contribution is -0.122. The first-order chi connectivity index (χ1) is 12.2. The fourth-order valence-electron chi connectivity index (χ4n) is 3.26. The third-order valence-electron chi connectivity index (χ3n) is 4.83. The van der Waals surface area contributed by atoms with Crippen LogP contribution in [0.4, 0.5) is 4.79 Å². The molecule has 1 fully saturated rings. The Morgan fingerprint density at radius 3 is 1.96 bits per heavy atom. The largest absolute Gasteiger partial charge is 0.507 e. The van der Waals surface area contributed by atoms with Gasteiger partial charge in [-0.25, -0.2) is 4.79 Å². The Morgan fingerprint density at radius 2 is 1.56 bits per heavy atom. The third kappa shape index (κ3) is 4.34. The Labute approximate surface area is 162 Å². The monoisotopic (exact) mass is 372 g/mol. The summed E-state index contributed by atoms with van der Waals surface area (Å²) in [5.74, 6) is 0.0794. The number of urea groups is 1. The lowest BCUT2D eigenvalue weighted by Gasteiger charge is -2.28. The molecule has 148 valence electrons. The van der Waals surface area contributed by atoms with Crippen molar-refractivity contribution < 1.29 is 14.7 Å². The van der Waals surface area contributed by atoms with Gasteiger partial charge in [0.05, 0.1) is 0 Å². The van der Waals surface area contributed by atoms with Gasteiger partial charge in [-0.3, -0.25) is 9.69 Å². The Hall–Kier alpha value is -2.30. The van der Waals surface area contributed by atoms with Crippen LogP contribution < -0.4 is 0 Å². The first-order valence-electron chi connectivity index (χ1n) is 9.35. The average molecular weight is 373 g/mol. The fourth-order valence-corrected chi connectivity index (χ4v) is 3.26. The molecule has 1 aliphatic rings. The van der Waals surface area contributed by atoms with E-state index in [1.807, 2.05) is 18.2 Å². The van der Waals surface area contributed by atoms with Crippen LogP contribution in [-0.2, 0) is 15.6 Å². The number of carbonyl (C=O) groups is 2. The molecule has 1 aromatic carbocycles. The van der Waals surface area contributed by atoms with Crippen molar-refractivity contribution in [3.05, 3.63) is 34.4 Å². The van der Waals surface area contributed by atoms with E-state index in [2.05, 4.69) is 41.5 Å². The second-order valence-corrected chi connectivity index (χ2v) is 9.52. The molecule has 1 aliphatic heterocycles. The normalized spacial score (nSPS) is 17.0. The summed E-state index contributed by atoms with van der Waals surface area (Å²) < 4.78 is 0. The van der Waals surface area contributed by atoms with Crippen LogP contribution in [0.25, 0.3) is 6.08 Å². The zero-order valence-corrected chi connectivity index (χ0v) is 17.8. The number of carbonyl (C=O) groups excluding carboxylic acids is 2. The van der Waals surface area contributed by atoms with Crippen molar-refractivity contribution >= 4 is 18.0 Å². The van der Waals surface area contributed by atoms with Gasteiger partial charge in [0.15, 0.2) is 0 Å². The molecule has 0 bridgehead atoms. The Balaban J connectivity index is 2.52. The van der Waals surface area contributed by atoms with E-state index in [9.17, 15) is 14.7 Å². The van der Waals surface area contributed by atoms with Gasteiger partial charge in [0.2, 0.25) is 0 Å². The molecule has 1 N–H and O–H groups in total. The first kappa shape index (κ1) is 21.0. The maximum absolute atomic E-state index is 12.6. The zero-order chi connectivity index (χ0) is 20.7. The maximum atomic E-state index is 12.6. The molecular formula is C22H32N2O3. The van der Waals surface area contributed by atoms with Gasteiger partial charge in [-0.15, -0.1) is 0 Å². The highest BCUT2D eigenvalue weighted by Gasteiger charge is 2.32. The van der Waals surface area contributed by atoms with E-state index in [4.69, 9.17) is 0 Å². The molecule has 5 nitrogen and oxygen atoms in total.